The van der Waals surface area contributed by atoms with E-state index in [2.05, 4.69) is 27.2 Å². The quantitative estimate of drug-likeness (QED) is 0.344. The van der Waals surface area contributed by atoms with Crippen LogP contribution in [0.3, 0.4) is 0 Å². The molecule has 1 aromatic heterocycles. The summed E-state index contributed by atoms with van der Waals surface area (Å²) < 4.78 is -0.0000131. The molecule has 2 aromatic rings. The van der Waals surface area contributed by atoms with Gasteiger partial charge in [0.2, 0.25) is 5.88 Å². The Hall–Kier alpha value is -2.81. The summed E-state index contributed by atoms with van der Waals surface area (Å²) in [5.74, 6) is -0.399. The van der Waals surface area contributed by atoms with Crippen molar-refractivity contribution in [3.63, 3.8) is 0 Å². The molecule has 0 spiro atoms. The molecule has 0 amide bonds. The molecule has 20 heavy (non-hydrogen) atoms. The summed E-state index contributed by atoms with van der Waals surface area (Å²) in [5, 5.41) is 20.0. The van der Waals surface area contributed by atoms with Crippen LogP contribution in [0.2, 0.25) is 0 Å². The first-order valence-corrected chi connectivity index (χ1v) is 5.72. The fraction of sp³-hybridized carbons (Fsp3) is 0. The van der Waals surface area contributed by atoms with E-state index in [-0.39, 0.29) is 16.0 Å². The summed E-state index contributed by atoms with van der Waals surface area (Å²) in [6, 6.07) is 5.42. The summed E-state index contributed by atoms with van der Waals surface area (Å²) in [6.45, 7) is 0. The van der Waals surface area contributed by atoms with Crippen LogP contribution in [0, 0.1) is 14.9 Å². The van der Waals surface area contributed by atoms with Gasteiger partial charge in [-0.15, -0.1) is 0 Å². The zero-order chi connectivity index (χ0) is 14.7. The molecule has 0 saturated heterocycles. The van der Waals surface area contributed by atoms with Crippen LogP contribution in [-0.4, -0.2) is 26.2 Å². The third kappa shape index (κ3) is 2.95. The minimum atomic E-state index is -0.586. The van der Waals surface area contributed by atoms with Crippen LogP contribution in [0.15, 0.2) is 34.1 Å². The average Bonchev–Trinajstić information content (AvgIpc) is 2.38. The molecule has 102 valence electrons. The number of nitro groups is 1. The molecule has 1 heterocycles. The molecule has 8 nitrogen and oxygen atoms in total. The zero-order valence-corrected chi connectivity index (χ0v) is 10.7. The first-order valence-electron chi connectivity index (χ1n) is 5.31. The Bertz CT molecular complexity index is 791. The zero-order valence-electron chi connectivity index (χ0n) is 9.86. The van der Waals surface area contributed by atoms with E-state index in [0.29, 0.717) is 5.69 Å². The molecule has 1 aromatic carbocycles. The maximum absolute atomic E-state index is 11.5. The molecule has 0 aliphatic carbocycles. The fourth-order valence-electron chi connectivity index (χ4n) is 1.40. The first kappa shape index (κ1) is 13.6. The third-order valence-electron chi connectivity index (χ3n) is 2.36. The molecule has 2 rings (SSSR count). The SMILES string of the molecule is O=c1[nH]c(=S)[nH]c(O)c1C=Nc1ccc([N+](=O)[O-])cc1. The summed E-state index contributed by atoms with van der Waals surface area (Å²) in [5.41, 5.74) is -0.334. The maximum Gasteiger partial charge on any atom is 0.269 e. The molecule has 0 radical (unpaired) electrons. The second-order valence-electron chi connectivity index (χ2n) is 3.70. The minimum Gasteiger partial charge on any atom is -0.494 e. The number of aromatic amines is 2. The lowest BCUT2D eigenvalue weighted by atomic mass is 10.3. The van der Waals surface area contributed by atoms with Gasteiger partial charge in [0.15, 0.2) is 4.77 Å². The van der Waals surface area contributed by atoms with Gasteiger partial charge in [-0.2, -0.15) is 0 Å². The molecular weight excluding hydrogens is 284 g/mol. The second-order valence-corrected chi connectivity index (χ2v) is 4.11. The van der Waals surface area contributed by atoms with E-state index in [1.807, 2.05) is 0 Å². The Kier molecular flexibility index (Phi) is 3.71. The third-order valence-corrected chi connectivity index (χ3v) is 2.57. The number of rotatable bonds is 3. The van der Waals surface area contributed by atoms with E-state index in [9.17, 15) is 20.0 Å². The number of benzene rings is 1. The highest BCUT2D eigenvalue weighted by atomic mass is 32.1. The van der Waals surface area contributed by atoms with Crippen molar-refractivity contribution in [2.45, 2.75) is 0 Å². The van der Waals surface area contributed by atoms with Gasteiger partial charge < -0.3 is 10.1 Å². The van der Waals surface area contributed by atoms with Crippen LogP contribution in [0.5, 0.6) is 5.88 Å². The minimum absolute atomic E-state index is 0.0000131. The second kappa shape index (κ2) is 5.45. The molecule has 9 heteroatoms. The normalized spacial score (nSPS) is 10.8. The molecule has 0 unspecified atom stereocenters. The predicted molar refractivity (Wildman–Crippen MR) is 74.3 cm³/mol. The van der Waals surface area contributed by atoms with Crippen molar-refractivity contribution in [3.05, 3.63) is 55.1 Å². The highest BCUT2D eigenvalue weighted by Gasteiger charge is 2.05. The van der Waals surface area contributed by atoms with Crippen LogP contribution in [0.25, 0.3) is 0 Å². The lowest BCUT2D eigenvalue weighted by molar-refractivity contribution is -0.384. The van der Waals surface area contributed by atoms with Gasteiger partial charge in [-0.3, -0.25) is 24.9 Å². The number of hydrogen-bond donors (Lipinski definition) is 3. The standard InChI is InChI=1S/C11H8N4O4S/c16-9-8(10(17)14-11(20)13-9)5-12-6-1-3-7(4-2-6)15(18)19/h1-5H,(H3,13,14,16,17,20). The highest BCUT2D eigenvalue weighted by Crippen LogP contribution is 2.18. The summed E-state index contributed by atoms with van der Waals surface area (Å²) in [4.78, 5) is 30.1. The number of aliphatic imine (C=N–C) groups is 1. The van der Waals surface area contributed by atoms with Crippen molar-refractivity contribution in [1.82, 2.24) is 9.97 Å². The number of non-ortho nitro benzene ring substituents is 1. The van der Waals surface area contributed by atoms with Gasteiger partial charge in [0.05, 0.1) is 10.6 Å². The van der Waals surface area contributed by atoms with Gasteiger partial charge >= 0.3 is 0 Å². The van der Waals surface area contributed by atoms with E-state index >= 15 is 0 Å². The number of H-pyrrole nitrogens is 2. The van der Waals surface area contributed by atoms with Crippen molar-refractivity contribution >= 4 is 29.8 Å². The number of hydrogen-bond acceptors (Lipinski definition) is 6. The predicted octanol–water partition coefficient (Wildman–Crippen LogP) is 1.80. The molecular formula is C11H8N4O4S. The van der Waals surface area contributed by atoms with Crippen molar-refractivity contribution in [2.75, 3.05) is 0 Å². The van der Waals surface area contributed by atoms with E-state index in [4.69, 9.17) is 0 Å². The highest BCUT2D eigenvalue weighted by molar-refractivity contribution is 7.71. The largest absolute Gasteiger partial charge is 0.494 e. The molecule has 0 aliphatic rings. The average molecular weight is 292 g/mol. The number of aromatic nitrogens is 2. The smallest absolute Gasteiger partial charge is 0.269 e. The van der Waals surface area contributed by atoms with Crippen molar-refractivity contribution in [3.8, 4) is 5.88 Å². The Morgan fingerprint density at radius 1 is 1.30 bits per heavy atom. The van der Waals surface area contributed by atoms with Crippen LogP contribution in [0.4, 0.5) is 11.4 Å². The Morgan fingerprint density at radius 2 is 1.95 bits per heavy atom. The number of nitrogens with one attached hydrogen (secondary N) is 2. The van der Waals surface area contributed by atoms with Crippen LogP contribution in [-0.2, 0) is 0 Å². The Morgan fingerprint density at radius 3 is 2.50 bits per heavy atom. The van der Waals surface area contributed by atoms with Gasteiger partial charge in [-0.25, -0.2) is 0 Å². The Labute approximate surface area is 116 Å². The van der Waals surface area contributed by atoms with E-state index in [0.717, 1.165) is 6.21 Å². The van der Waals surface area contributed by atoms with Gasteiger partial charge in [-0.05, 0) is 24.4 Å². The van der Waals surface area contributed by atoms with Crippen molar-refractivity contribution in [2.24, 2.45) is 4.99 Å². The summed E-state index contributed by atoms with van der Waals surface area (Å²) in [6.07, 6.45) is 1.14. The van der Waals surface area contributed by atoms with Gasteiger partial charge in [0.25, 0.3) is 11.2 Å². The van der Waals surface area contributed by atoms with Crippen LogP contribution >= 0.6 is 12.2 Å². The maximum atomic E-state index is 11.5. The van der Waals surface area contributed by atoms with E-state index in [1.165, 1.54) is 24.3 Å². The number of aromatic hydroxyl groups is 1. The first-order chi connectivity index (χ1) is 9.47. The lowest BCUT2D eigenvalue weighted by Gasteiger charge is -1.97. The monoisotopic (exact) mass is 292 g/mol. The number of nitrogens with zero attached hydrogens (tertiary/aromatic N) is 2. The molecule has 0 saturated carbocycles. The molecule has 0 atom stereocenters. The number of nitro benzene ring substituents is 1. The fourth-order valence-corrected chi connectivity index (χ4v) is 1.59. The molecule has 3 N–H and O–H groups in total. The summed E-state index contributed by atoms with van der Waals surface area (Å²) >= 11 is 4.68. The van der Waals surface area contributed by atoms with Crippen LogP contribution in [0.1, 0.15) is 5.56 Å². The lowest BCUT2D eigenvalue weighted by Crippen LogP contribution is -2.13. The van der Waals surface area contributed by atoms with Gasteiger partial charge in [0.1, 0.15) is 5.56 Å². The van der Waals surface area contributed by atoms with Gasteiger partial charge in [0, 0.05) is 18.3 Å². The van der Waals surface area contributed by atoms with Gasteiger partial charge in [-0.1, -0.05) is 0 Å². The van der Waals surface area contributed by atoms with E-state index < -0.39 is 16.4 Å². The van der Waals surface area contributed by atoms with Crippen molar-refractivity contribution < 1.29 is 10.0 Å². The molecule has 0 fully saturated rings. The van der Waals surface area contributed by atoms with E-state index in [1.54, 1.807) is 0 Å². The summed E-state index contributed by atoms with van der Waals surface area (Å²) in [7, 11) is 0. The Balaban J connectivity index is 2.32. The molecule has 0 bridgehead atoms. The van der Waals surface area contributed by atoms with Crippen molar-refractivity contribution in [1.29, 1.82) is 0 Å². The van der Waals surface area contributed by atoms with Crippen LogP contribution < -0.4 is 5.56 Å². The molecule has 0 aliphatic heterocycles. The topological polar surface area (TPSA) is 124 Å².